The van der Waals surface area contributed by atoms with Gasteiger partial charge in [0.2, 0.25) is 0 Å². The van der Waals surface area contributed by atoms with Gasteiger partial charge < -0.3 is 9.64 Å². The Kier molecular flexibility index (Phi) is 4.40. The van der Waals surface area contributed by atoms with Crippen LogP contribution in [-0.2, 0) is 4.74 Å². The van der Waals surface area contributed by atoms with Crippen molar-refractivity contribution in [3.05, 3.63) is 9.90 Å². The van der Waals surface area contributed by atoms with Gasteiger partial charge in [-0.05, 0) is 60.1 Å². The Bertz CT molecular complexity index is 728. The minimum absolute atomic E-state index is 0.00500. The van der Waals surface area contributed by atoms with Gasteiger partial charge in [0.15, 0.2) is 15.6 Å². The highest BCUT2D eigenvalue weighted by Crippen LogP contribution is 2.33. The molecule has 0 amide bonds. The van der Waals surface area contributed by atoms with E-state index in [-0.39, 0.29) is 6.23 Å². The van der Waals surface area contributed by atoms with Gasteiger partial charge in [-0.1, -0.05) is 13.8 Å². The molecule has 2 aliphatic rings. The highest BCUT2D eigenvalue weighted by Gasteiger charge is 2.27. The van der Waals surface area contributed by atoms with Gasteiger partial charge in [-0.3, -0.25) is 0 Å². The van der Waals surface area contributed by atoms with E-state index in [1.54, 1.807) is 0 Å². The molecule has 1 atom stereocenters. The van der Waals surface area contributed by atoms with E-state index in [2.05, 4.69) is 51.4 Å². The number of hydrogen-bond donors (Lipinski definition) is 0. The van der Waals surface area contributed by atoms with Crippen LogP contribution in [0.4, 0.5) is 5.82 Å². The molecule has 4 rings (SSSR count). The van der Waals surface area contributed by atoms with Crippen LogP contribution in [0.15, 0.2) is 6.20 Å². The van der Waals surface area contributed by atoms with Crippen LogP contribution in [0.25, 0.3) is 11.2 Å². The number of anilines is 1. The largest absolute Gasteiger partial charge is 0.356 e. The summed E-state index contributed by atoms with van der Waals surface area (Å²) in [5.41, 5.74) is 2.17. The molecule has 7 heteroatoms. The monoisotopic (exact) mass is 441 g/mol. The van der Waals surface area contributed by atoms with E-state index in [1.165, 1.54) is 19.3 Å². The molecular formula is C17H24IN5O. The van der Waals surface area contributed by atoms with Gasteiger partial charge in [0.05, 0.1) is 6.20 Å². The molecule has 2 saturated heterocycles. The fourth-order valence-electron chi connectivity index (χ4n) is 3.48. The molecule has 1 unspecified atom stereocenters. The molecule has 2 aliphatic heterocycles. The summed E-state index contributed by atoms with van der Waals surface area (Å²) in [7, 11) is 0. The van der Waals surface area contributed by atoms with E-state index in [0.29, 0.717) is 5.41 Å². The van der Waals surface area contributed by atoms with Gasteiger partial charge in [-0.15, -0.1) is 0 Å². The molecule has 0 aliphatic carbocycles. The van der Waals surface area contributed by atoms with E-state index in [9.17, 15) is 0 Å². The van der Waals surface area contributed by atoms with Crippen molar-refractivity contribution in [2.45, 2.75) is 52.2 Å². The molecule has 2 aromatic heterocycles. The standard InChI is InChI=1S/C17H24IN5O/c1-17(2)6-8-22(9-7-17)12-11-19-14-15(18)21-23(16(14)20-12)13-5-3-4-10-24-13/h11,13H,3-10H2,1-2H3. The van der Waals surface area contributed by atoms with Crippen LogP contribution in [0.5, 0.6) is 0 Å². The van der Waals surface area contributed by atoms with Gasteiger partial charge >= 0.3 is 0 Å². The fraction of sp³-hybridized carbons (Fsp3) is 0.706. The molecule has 24 heavy (non-hydrogen) atoms. The smallest absolute Gasteiger partial charge is 0.182 e. The van der Waals surface area contributed by atoms with Gasteiger partial charge in [0.25, 0.3) is 0 Å². The predicted octanol–water partition coefficient (Wildman–Crippen LogP) is 3.76. The van der Waals surface area contributed by atoms with Crippen LogP contribution in [0.1, 0.15) is 52.2 Å². The number of nitrogens with zero attached hydrogens (tertiary/aromatic N) is 5. The average molecular weight is 441 g/mol. The van der Waals surface area contributed by atoms with Crippen molar-refractivity contribution < 1.29 is 4.74 Å². The topological polar surface area (TPSA) is 56.1 Å². The molecular weight excluding hydrogens is 417 g/mol. The zero-order valence-corrected chi connectivity index (χ0v) is 16.5. The average Bonchev–Trinajstić information content (AvgIpc) is 2.92. The molecule has 4 heterocycles. The van der Waals surface area contributed by atoms with Crippen LogP contribution in [-0.4, -0.2) is 39.4 Å². The highest BCUT2D eigenvalue weighted by atomic mass is 127. The zero-order chi connectivity index (χ0) is 16.7. The van der Waals surface area contributed by atoms with Crippen LogP contribution < -0.4 is 4.90 Å². The second kappa shape index (κ2) is 6.40. The Morgan fingerprint density at radius 3 is 2.75 bits per heavy atom. The summed E-state index contributed by atoms with van der Waals surface area (Å²) in [6, 6.07) is 0. The van der Waals surface area contributed by atoms with Crippen molar-refractivity contribution in [1.82, 2.24) is 19.7 Å². The summed E-state index contributed by atoms with van der Waals surface area (Å²) >= 11 is 2.24. The number of hydrogen-bond acceptors (Lipinski definition) is 5. The lowest BCUT2D eigenvalue weighted by Crippen LogP contribution is -2.37. The Hall–Kier alpha value is -0.960. The maximum atomic E-state index is 5.91. The molecule has 0 N–H and O–H groups in total. The lowest BCUT2D eigenvalue weighted by Gasteiger charge is -2.37. The number of ether oxygens (including phenoxy) is 1. The molecule has 0 aromatic carbocycles. The van der Waals surface area contributed by atoms with E-state index in [1.807, 2.05) is 10.9 Å². The Labute approximate surface area is 156 Å². The highest BCUT2D eigenvalue weighted by molar-refractivity contribution is 14.1. The predicted molar refractivity (Wildman–Crippen MR) is 102 cm³/mol. The van der Waals surface area contributed by atoms with E-state index < -0.39 is 0 Å². The second-order valence-corrected chi connectivity index (χ2v) is 8.63. The summed E-state index contributed by atoms with van der Waals surface area (Å²) in [6.07, 6.45) is 7.58. The van der Waals surface area contributed by atoms with Crippen molar-refractivity contribution >= 4 is 39.6 Å². The molecule has 6 nitrogen and oxygen atoms in total. The van der Waals surface area contributed by atoms with Crippen molar-refractivity contribution in [1.29, 1.82) is 0 Å². The van der Waals surface area contributed by atoms with Gasteiger partial charge in [0.1, 0.15) is 11.3 Å². The Morgan fingerprint density at radius 1 is 1.25 bits per heavy atom. The van der Waals surface area contributed by atoms with Crippen LogP contribution in [0, 0.1) is 9.12 Å². The van der Waals surface area contributed by atoms with Crippen molar-refractivity contribution in [2.75, 3.05) is 24.6 Å². The van der Waals surface area contributed by atoms with Gasteiger partial charge in [0, 0.05) is 19.7 Å². The first kappa shape index (κ1) is 16.5. The van der Waals surface area contributed by atoms with E-state index in [4.69, 9.17) is 9.72 Å². The molecule has 2 aromatic rings. The Balaban J connectivity index is 1.66. The normalized spacial score (nSPS) is 24.5. The number of halogens is 1. The number of piperidine rings is 1. The van der Waals surface area contributed by atoms with Crippen LogP contribution in [0.2, 0.25) is 0 Å². The minimum Gasteiger partial charge on any atom is -0.356 e. The van der Waals surface area contributed by atoms with Crippen LogP contribution in [0.3, 0.4) is 0 Å². The summed E-state index contributed by atoms with van der Waals surface area (Å²) in [4.78, 5) is 11.9. The van der Waals surface area contributed by atoms with E-state index >= 15 is 0 Å². The first-order chi connectivity index (χ1) is 11.5. The SMILES string of the molecule is CC1(C)CCN(c2cnc3c(I)nn(C4CCCCO4)c3n2)CC1. The summed E-state index contributed by atoms with van der Waals surface area (Å²) in [5.74, 6) is 0.964. The van der Waals surface area contributed by atoms with Gasteiger partial charge in [-0.2, -0.15) is 5.10 Å². The third kappa shape index (κ3) is 3.12. The molecule has 0 spiro atoms. The first-order valence-electron chi connectivity index (χ1n) is 8.81. The van der Waals surface area contributed by atoms with Crippen molar-refractivity contribution in [2.24, 2.45) is 5.41 Å². The molecule has 130 valence electrons. The summed E-state index contributed by atoms with van der Waals surface area (Å²) in [5, 5.41) is 4.66. The molecule has 0 bridgehead atoms. The first-order valence-corrected chi connectivity index (χ1v) is 9.89. The fourth-order valence-corrected chi connectivity index (χ4v) is 4.09. The third-order valence-electron chi connectivity index (χ3n) is 5.22. The number of rotatable bonds is 2. The maximum Gasteiger partial charge on any atom is 0.182 e. The zero-order valence-electron chi connectivity index (χ0n) is 14.3. The molecule has 0 radical (unpaired) electrons. The maximum absolute atomic E-state index is 5.91. The third-order valence-corrected chi connectivity index (χ3v) is 5.95. The lowest BCUT2D eigenvalue weighted by atomic mass is 9.83. The van der Waals surface area contributed by atoms with Crippen molar-refractivity contribution in [3.8, 4) is 0 Å². The van der Waals surface area contributed by atoms with Crippen LogP contribution >= 0.6 is 22.6 Å². The second-order valence-electron chi connectivity index (χ2n) is 7.61. The lowest BCUT2D eigenvalue weighted by molar-refractivity contribution is -0.0372. The van der Waals surface area contributed by atoms with Gasteiger partial charge in [-0.25, -0.2) is 14.6 Å². The minimum atomic E-state index is -0.00500. The summed E-state index contributed by atoms with van der Waals surface area (Å²) < 4.78 is 8.76. The molecule has 0 saturated carbocycles. The quantitative estimate of drug-likeness (QED) is 0.665. The van der Waals surface area contributed by atoms with Crippen molar-refractivity contribution in [3.63, 3.8) is 0 Å². The van der Waals surface area contributed by atoms with E-state index in [0.717, 1.165) is 53.2 Å². The Morgan fingerprint density at radius 2 is 2.04 bits per heavy atom. The molecule has 2 fully saturated rings. The number of aromatic nitrogens is 4. The number of fused-ring (bicyclic) bond motifs is 1. The summed E-state index contributed by atoms with van der Waals surface area (Å²) in [6.45, 7) is 7.57.